The van der Waals surface area contributed by atoms with Gasteiger partial charge >= 0.3 is 0 Å². The fraction of sp³-hybridized carbons (Fsp3) is 0.600. The molecule has 1 aromatic rings. The van der Waals surface area contributed by atoms with Gasteiger partial charge in [-0.05, 0) is 74.4 Å². The summed E-state index contributed by atoms with van der Waals surface area (Å²) in [4.78, 5) is 0. The van der Waals surface area contributed by atoms with Crippen LogP contribution in [0.3, 0.4) is 0 Å². The molecule has 1 aliphatic carbocycles. The number of ether oxygens (including phenoxy) is 1. The van der Waals surface area contributed by atoms with E-state index in [1.54, 1.807) is 0 Å². The maximum absolute atomic E-state index is 6.03. The molecule has 0 aromatic heterocycles. The van der Waals surface area contributed by atoms with Crippen LogP contribution in [0.25, 0.3) is 0 Å². The van der Waals surface area contributed by atoms with Gasteiger partial charge in [-0.1, -0.05) is 15.9 Å². The summed E-state index contributed by atoms with van der Waals surface area (Å²) in [7, 11) is 0. The zero-order chi connectivity index (χ0) is 12.4. The largest absolute Gasteiger partial charge is 0.493 e. The van der Waals surface area contributed by atoms with Gasteiger partial charge in [0.15, 0.2) is 0 Å². The molecule has 0 radical (unpaired) electrons. The van der Waals surface area contributed by atoms with Gasteiger partial charge in [-0.2, -0.15) is 0 Å². The van der Waals surface area contributed by atoms with E-state index in [1.165, 1.54) is 31.2 Å². The van der Waals surface area contributed by atoms with Gasteiger partial charge in [0.2, 0.25) is 0 Å². The molecule has 1 saturated carbocycles. The molecule has 18 heavy (non-hydrogen) atoms. The first-order chi connectivity index (χ1) is 8.83. The highest BCUT2D eigenvalue weighted by Crippen LogP contribution is 2.36. The second-order valence-corrected chi connectivity index (χ2v) is 6.38. The Kier molecular flexibility index (Phi) is 3.90. The van der Waals surface area contributed by atoms with Crippen LogP contribution in [0.2, 0.25) is 0 Å². The minimum absolute atomic E-state index is 0.651. The smallest absolute Gasteiger partial charge is 0.122 e. The van der Waals surface area contributed by atoms with Gasteiger partial charge in [-0.25, -0.2) is 0 Å². The third-order valence-electron chi connectivity index (χ3n) is 3.92. The molecule has 1 N–H and O–H groups in total. The van der Waals surface area contributed by atoms with Crippen molar-refractivity contribution in [3.05, 3.63) is 28.2 Å². The SMILES string of the molecule is Brc1ccc(OCC2CC2)c(C2CCNCC2)c1. The number of nitrogens with one attached hydrogen (secondary N) is 1. The van der Waals surface area contributed by atoms with Crippen molar-refractivity contribution in [2.75, 3.05) is 19.7 Å². The van der Waals surface area contributed by atoms with Crippen molar-refractivity contribution >= 4 is 15.9 Å². The molecular weight excluding hydrogens is 290 g/mol. The second-order valence-electron chi connectivity index (χ2n) is 5.46. The average Bonchev–Trinajstić information content (AvgIpc) is 3.22. The molecule has 0 spiro atoms. The van der Waals surface area contributed by atoms with Gasteiger partial charge in [0.1, 0.15) is 5.75 Å². The van der Waals surface area contributed by atoms with Crippen LogP contribution in [0, 0.1) is 5.92 Å². The number of halogens is 1. The van der Waals surface area contributed by atoms with E-state index in [-0.39, 0.29) is 0 Å². The molecule has 2 fully saturated rings. The maximum Gasteiger partial charge on any atom is 0.122 e. The van der Waals surface area contributed by atoms with Crippen LogP contribution in [0.15, 0.2) is 22.7 Å². The summed E-state index contributed by atoms with van der Waals surface area (Å²) >= 11 is 3.58. The third-order valence-corrected chi connectivity index (χ3v) is 4.42. The summed E-state index contributed by atoms with van der Waals surface area (Å²) < 4.78 is 7.19. The molecule has 3 heteroatoms. The highest BCUT2D eigenvalue weighted by molar-refractivity contribution is 9.10. The standard InChI is InChI=1S/C15H20BrNO/c16-13-3-4-15(18-10-11-1-2-11)14(9-13)12-5-7-17-8-6-12/h3-4,9,11-12,17H,1-2,5-8,10H2. The van der Waals surface area contributed by atoms with Gasteiger partial charge in [0.25, 0.3) is 0 Å². The minimum Gasteiger partial charge on any atom is -0.493 e. The predicted octanol–water partition coefficient (Wildman–Crippen LogP) is 3.70. The zero-order valence-corrected chi connectivity index (χ0v) is 12.2. The van der Waals surface area contributed by atoms with Crippen LogP contribution >= 0.6 is 15.9 Å². The minimum atomic E-state index is 0.651. The summed E-state index contributed by atoms with van der Waals surface area (Å²) in [6.07, 6.45) is 5.13. The monoisotopic (exact) mass is 309 g/mol. The van der Waals surface area contributed by atoms with E-state index in [9.17, 15) is 0 Å². The maximum atomic E-state index is 6.03. The number of piperidine rings is 1. The molecule has 1 heterocycles. The van der Waals surface area contributed by atoms with Crippen molar-refractivity contribution in [2.24, 2.45) is 5.92 Å². The first kappa shape index (κ1) is 12.5. The summed E-state index contributed by atoms with van der Waals surface area (Å²) in [5.41, 5.74) is 1.39. The molecule has 1 saturated heterocycles. The van der Waals surface area contributed by atoms with E-state index in [0.29, 0.717) is 5.92 Å². The van der Waals surface area contributed by atoms with E-state index >= 15 is 0 Å². The molecule has 1 aromatic carbocycles. The van der Waals surface area contributed by atoms with E-state index < -0.39 is 0 Å². The van der Waals surface area contributed by atoms with E-state index in [0.717, 1.165) is 35.8 Å². The van der Waals surface area contributed by atoms with Gasteiger partial charge in [0, 0.05) is 4.47 Å². The number of hydrogen-bond donors (Lipinski definition) is 1. The lowest BCUT2D eigenvalue weighted by atomic mass is 9.89. The molecule has 1 aliphatic heterocycles. The summed E-state index contributed by atoms with van der Waals surface area (Å²) in [5, 5.41) is 3.43. The number of rotatable bonds is 4. The number of hydrogen-bond acceptors (Lipinski definition) is 2. The highest BCUT2D eigenvalue weighted by Gasteiger charge is 2.24. The molecule has 0 unspecified atom stereocenters. The topological polar surface area (TPSA) is 21.3 Å². The molecule has 0 amide bonds. The van der Waals surface area contributed by atoms with E-state index in [1.807, 2.05) is 0 Å². The van der Waals surface area contributed by atoms with Gasteiger partial charge in [0.05, 0.1) is 6.61 Å². The fourth-order valence-electron chi connectivity index (χ4n) is 2.59. The van der Waals surface area contributed by atoms with Crippen LogP contribution in [0.5, 0.6) is 5.75 Å². The first-order valence-electron chi connectivity index (χ1n) is 6.96. The predicted molar refractivity (Wildman–Crippen MR) is 77.2 cm³/mol. The Morgan fingerprint density at radius 2 is 1.94 bits per heavy atom. The lowest BCUT2D eigenvalue weighted by Gasteiger charge is -2.25. The van der Waals surface area contributed by atoms with Crippen molar-refractivity contribution < 1.29 is 4.74 Å². The Labute approximate surface area is 117 Å². The molecule has 2 nitrogen and oxygen atoms in total. The molecule has 0 atom stereocenters. The Morgan fingerprint density at radius 3 is 2.67 bits per heavy atom. The summed E-state index contributed by atoms with van der Waals surface area (Å²) in [5.74, 6) is 2.57. The average molecular weight is 310 g/mol. The lowest BCUT2D eigenvalue weighted by molar-refractivity contribution is 0.292. The third kappa shape index (κ3) is 3.07. The fourth-order valence-corrected chi connectivity index (χ4v) is 2.97. The van der Waals surface area contributed by atoms with Crippen LogP contribution in [0.4, 0.5) is 0 Å². The molecular formula is C15H20BrNO. The summed E-state index contributed by atoms with van der Waals surface area (Å²) in [6, 6.07) is 6.47. The lowest BCUT2D eigenvalue weighted by Crippen LogP contribution is -2.26. The van der Waals surface area contributed by atoms with Crippen LogP contribution in [-0.2, 0) is 0 Å². The zero-order valence-electron chi connectivity index (χ0n) is 10.6. The second kappa shape index (κ2) is 5.62. The van der Waals surface area contributed by atoms with Gasteiger partial charge in [-0.15, -0.1) is 0 Å². The van der Waals surface area contributed by atoms with Crippen molar-refractivity contribution in [3.63, 3.8) is 0 Å². The highest BCUT2D eigenvalue weighted by atomic mass is 79.9. The summed E-state index contributed by atoms with van der Waals surface area (Å²) in [6.45, 7) is 3.15. The molecule has 0 bridgehead atoms. The van der Waals surface area contributed by atoms with Gasteiger partial charge in [-0.3, -0.25) is 0 Å². The van der Waals surface area contributed by atoms with Crippen LogP contribution in [0.1, 0.15) is 37.2 Å². The van der Waals surface area contributed by atoms with Gasteiger partial charge < -0.3 is 10.1 Å². The Morgan fingerprint density at radius 1 is 1.17 bits per heavy atom. The molecule has 98 valence electrons. The van der Waals surface area contributed by atoms with Crippen molar-refractivity contribution in [1.29, 1.82) is 0 Å². The van der Waals surface area contributed by atoms with Crippen LogP contribution in [-0.4, -0.2) is 19.7 Å². The molecule has 3 rings (SSSR count). The Hall–Kier alpha value is -0.540. The quantitative estimate of drug-likeness (QED) is 0.915. The number of benzene rings is 1. The van der Waals surface area contributed by atoms with Crippen molar-refractivity contribution in [3.8, 4) is 5.75 Å². The first-order valence-corrected chi connectivity index (χ1v) is 7.75. The molecule has 2 aliphatic rings. The van der Waals surface area contributed by atoms with Crippen LogP contribution < -0.4 is 10.1 Å². The van der Waals surface area contributed by atoms with Crippen molar-refractivity contribution in [2.45, 2.75) is 31.6 Å². The normalized spacial score (nSPS) is 20.9. The Balaban J connectivity index is 1.77. The van der Waals surface area contributed by atoms with Crippen molar-refractivity contribution in [1.82, 2.24) is 5.32 Å². The van der Waals surface area contributed by atoms with E-state index in [4.69, 9.17) is 4.74 Å². The Bertz CT molecular complexity index is 411. The van der Waals surface area contributed by atoms with E-state index in [2.05, 4.69) is 39.4 Å².